The molecule has 0 bridgehead atoms. The lowest BCUT2D eigenvalue weighted by molar-refractivity contribution is -0.120. The van der Waals surface area contributed by atoms with Gasteiger partial charge in [-0.2, -0.15) is 4.31 Å². The third kappa shape index (κ3) is 3.91. The van der Waals surface area contributed by atoms with Crippen LogP contribution in [0.5, 0.6) is 5.75 Å². The van der Waals surface area contributed by atoms with E-state index in [1.165, 1.54) is 4.31 Å². The predicted octanol–water partition coefficient (Wildman–Crippen LogP) is 3.51. The van der Waals surface area contributed by atoms with Gasteiger partial charge in [0.05, 0.1) is 7.11 Å². The van der Waals surface area contributed by atoms with Crippen molar-refractivity contribution in [2.75, 3.05) is 12.4 Å². The molecule has 1 amide bonds. The number of sulfonamides is 1. The predicted molar refractivity (Wildman–Crippen MR) is 113 cm³/mol. The van der Waals surface area contributed by atoms with Gasteiger partial charge in [-0.15, -0.1) is 11.3 Å². The van der Waals surface area contributed by atoms with Crippen molar-refractivity contribution < 1.29 is 17.9 Å². The lowest BCUT2D eigenvalue weighted by atomic mass is 9.95. The van der Waals surface area contributed by atoms with E-state index in [2.05, 4.69) is 5.32 Å². The van der Waals surface area contributed by atoms with Gasteiger partial charge in [-0.05, 0) is 41.1 Å². The fraction of sp³-hybridized carbons (Fsp3) is 0.190. The number of hydrogen-bond acceptors (Lipinski definition) is 5. The Morgan fingerprint density at radius 1 is 1.10 bits per heavy atom. The number of methoxy groups -OCH3 is 1. The number of hydrogen-bond donors (Lipinski definition) is 1. The van der Waals surface area contributed by atoms with Crippen molar-refractivity contribution in [3.63, 3.8) is 0 Å². The molecule has 1 aromatic heterocycles. The summed E-state index contributed by atoms with van der Waals surface area (Å²) in [7, 11) is -2.24. The fourth-order valence-electron chi connectivity index (χ4n) is 3.43. The molecule has 0 saturated carbocycles. The molecule has 1 aliphatic heterocycles. The summed E-state index contributed by atoms with van der Waals surface area (Å²) in [5.41, 5.74) is 2.45. The zero-order valence-corrected chi connectivity index (χ0v) is 17.4. The van der Waals surface area contributed by atoms with Crippen LogP contribution >= 0.6 is 11.3 Å². The van der Waals surface area contributed by atoms with Crippen molar-refractivity contribution >= 4 is 33.0 Å². The molecule has 1 atom stereocenters. The number of carbonyl (C=O) groups excluding carboxylic acids is 1. The van der Waals surface area contributed by atoms with Crippen LogP contribution in [0.1, 0.15) is 11.1 Å². The molecule has 0 fully saturated rings. The lowest BCUT2D eigenvalue weighted by Gasteiger charge is -2.34. The second-order valence-corrected chi connectivity index (χ2v) is 9.76. The van der Waals surface area contributed by atoms with Crippen molar-refractivity contribution in [3.05, 3.63) is 77.2 Å². The molecule has 150 valence electrons. The summed E-state index contributed by atoms with van der Waals surface area (Å²) in [4.78, 5) is 13.1. The molecule has 0 aliphatic carbocycles. The smallest absolute Gasteiger partial charge is 0.253 e. The van der Waals surface area contributed by atoms with Crippen LogP contribution in [0.2, 0.25) is 0 Å². The molecule has 0 spiro atoms. The van der Waals surface area contributed by atoms with Gasteiger partial charge >= 0.3 is 0 Å². The van der Waals surface area contributed by atoms with Crippen LogP contribution in [0.15, 0.2) is 70.3 Å². The van der Waals surface area contributed by atoms with Crippen molar-refractivity contribution in [1.82, 2.24) is 4.31 Å². The molecular formula is C21H20N2O4S2. The number of thiophene rings is 1. The quantitative estimate of drug-likeness (QED) is 0.675. The summed E-state index contributed by atoms with van der Waals surface area (Å²) in [6, 6.07) is 17.0. The Labute approximate surface area is 173 Å². The number of nitrogens with zero attached hydrogens (tertiary/aromatic N) is 1. The maximum absolute atomic E-state index is 13.3. The zero-order valence-electron chi connectivity index (χ0n) is 15.7. The highest BCUT2D eigenvalue weighted by Gasteiger charge is 2.40. The maximum Gasteiger partial charge on any atom is 0.253 e. The Balaban J connectivity index is 1.69. The highest BCUT2D eigenvalue weighted by Crippen LogP contribution is 2.31. The van der Waals surface area contributed by atoms with Crippen LogP contribution in [0.3, 0.4) is 0 Å². The van der Waals surface area contributed by atoms with Gasteiger partial charge in [0, 0.05) is 18.3 Å². The van der Waals surface area contributed by atoms with E-state index < -0.39 is 16.1 Å². The minimum atomic E-state index is -3.79. The molecule has 4 rings (SSSR count). The van der Waals surface area contributed by atoms with Gasteiger partial charge in [-0.3, -0.25) is 4.79 Å². The first-order chi connectivity index (χ1) is 14.0. The van der Waals surface area contributed by atoms with Gasteiger partial charge in [0.2, 0.25) is 5.91 Å². The number of benzene rings is 2. The molecule has 1 unspecified atom stereocenters. The third-order valence-electron chi connectivity index (χ3n) is 4.90. The molecular weight excluding hydrogens is 408 g/mol. The normalized spacial score (nSPS) is 16.8. The van der Waals surface area contributed by atoms with Gasteiger partial charge in [0.15, 0.2) is 0 Å². The van der Waals surface area contributed by atoms with Crippen molar-refractivity contribution in [2.45, 2.75) is 23.2 Å². The first kappa shape index (κ1) is 19.6. The standard InChI is InChI=1S/C21H20N2O4S2/c1-27-18-9-4-8-17(13-18)22-21(24)19-12-15-6-2-3-7-16(15)14-23(19)29(25,26)20-10-5-11-28-20/h2-11,13,19H,12,14H2,1H3,(H,22,24). The number of rotatable bonds is 5. The average molecular weight is 429 g/mol. The molecule has 0 radical (unpaired) electrons. The zero-order chi connectivity index (χ0) is 20.4. The van der Waals surface area contributed by atoms with Crippen LogP contribution in [0, 0.1) is 0 Å². The molecule has 2 heterocycles. The van der Waals surface area contributed by atoms with E-state index in [0.29, 0.717) is 17.9 Å². The van der Waals surface area contributed by atoms with E-state index in [1.54, 1.807) is 48.9 Å². The summed E-state index contributed by atoms with van der Waals surface area (Å²) < 4.78 is 33.3. The molecule has 29 heavy (non-hydrogen) atoms. The van der Waals surface area contributed by atoms with E-state index in [0.717, 1.165) is 22.5 Å². The summed E-state index contributed by atoms with van der Waals surface area (Å²) in [6.45, 7) is 0.159. The van der Waals surface area contributed by atoms with Gasteiger partial charge < -0.3 is 10.1 Å². The number of amides is 1. The van der Waals surface area contributed by atoms with Crippen LogP contribution in [0.4, 0.5) is 5.69 Å². The Morgan fingerprint density at radius 2 is 1.90 bits per heavy atom. The van der Waals surface area contributed by atoms with E-state index in [9.17, 15) is 13.2 Å². The van der Waals surface area contributed by atoms with Gasteiger partial charge in [0.25, 0.3) is 10.0 Å². The van der Waals surface area contributed by atoms with Gasteiger partial charge in [-0.25, -0.2) is 8.42 Å². The Bertz CT molecular complexity index is 1130. The van der Waals surface area contributed by atoms with Crippen molar-refractivity contribution in [3.8, 4) is 5.75 Å². The average Bonchev–Trinajstić information content (AvgIpc) is 3.29. The van der Waals surface area contributed by atoms with E-state index >= 15 is 0 Å². The van der Waals surface area contributed by atoms with Crippen LogP contribution in [0.25, 0.3) is 0 Å². The number of carbonyl (C=O) groups is 1. The summed E-state index contributed by atoms with van der Waals surface area (Å²) in [6.07, 6.45) is 0.316. The summed E-state index contributed by atoms with van der Waals surface area (Å²) in [5, 5.41) is 4.56. The minimum absolute atomic E-state index is 0.159. The summed E-state index contributed by atoms with van der Waals surface area (Å²) >= 11 is 1.15. The third-order valence-corrected chi connectivity index (χ3v) is 8.13. The number of fused-ring (bicyclic) bond motifs is 1. The molecule has 1 N–H and O–H groups in total. The molecule has 2 aromatic carbocycles. The minimum Gasteiger partial charge on any atom is -0.497 e. The van der Waals surface area contributed by atoms with Crippen molar-refractivity contribution in [1.29, 1.82) is 0 Å². The Hall–Kier alpha value is -2.68. The monoisotopic (exact) mass is 428 g/mol. The van der Waals surface area contributed by atoms with E-state index in [-0.39, 0.29) is 16.7 Å². The van der Waals surface area contributed by atoms with E-state index in [1.807, 2.05) is 24.3 Å². The second-order valence-electron chi connectivity index (χ2n) is 6.69. The number of anilines is 1. The van der Waals surface area contributed by atoms with Crippen molar-refractivity contribution in [2.24, 2.45) is 0 Å². The molecule has 8 heteroatoms. The van der Waals surface area contributed by atoms with Gasteiger partial charge in [-0.1, -0.05) is 36.4 Å². The lowest BCUT2D eigenvalue weighted by Crippen LogP contribution is -2.50. The topological polar surface area (TPSA) is 75.7 Å². The summed E-state index contributed by atoms with van der Waals surface area (Å²) in [5.74, 6) is 0.243. The number of nitrogens with one attached hydrogen (secondary N) is 1. The van der Waals surface area contributed by atoms with Crippen LogP contribution < -0.4 is 10.1 Å². The molecule has 3 aromatic rings. The highest BCUT2D eigenvalue weighted by molar-refractivity contribution is 7.91. The maximum atomic E-state index is 13.3. The number of ether oxygens (including phenoxy) is 1. The first-order valence-electron chi connectivity index (χ1n) is 9.06. The first-order valence-corrected chi connectivity index (χ1v) is 11.4. The Morgan fingerprint density at radius 3 is 2.62 bits per heavy atom. The largest absolute Gasteiger partial charge is 0.497 e. The Kier molecular flexibility index (Phi) is 5.40. The second kappa shape index (κ2) is 7.98. The van der Waals surface area contributed by atoms with Crippen LogP contribution in [-0.4, -0.2) is 31.8 Å². The molecule has 0 saturated heterocycles. The molecule has 1 aliphatic rings. The highest BCUT2D eigenvalue weighted by atomic mass is 32.2. The molecule has 6 nitrogen and oxygen atoms in total. The van der Waals surface area contributed by atoms with Gasteiger partial charge in [0.1, 0.15) is 16.0 Å². The van der Waals surface area contributed by atoms with Crippen LogP contribution in [-0.2, 0) is 27.8 Å². The SMILES string of the molecule is COc1cccc(NC(=O)C2Cc3ccccc3CN2S(=O)(=O)c2cccs2)c1. The van der Waals surface area contributed by atoms with E-state index in [4.69, 9.17) is 4.74 Å². The fourth-order valence-corrected chi connectivity index (χ4v) is 6.11.